The summed E-state index contributed by atoms with van der Waals surface area (Å²) in [4.78, 5) is 31.3. The third-order valence-corrected chi connectivity index (χ3v) is 6.83. The fourth-order valence-corrected chi connectivity index (χ4v) is 4.90. The highest BCUT2D eigenvalue weighted by atomic mass is 35.5. The zero-order valence-corrected chi connectivity index (χ0v) is 19.9. The largest absolute Gasteiger partial charge is 0.335 e. The van der Waals surface area contributed by atoms with Crippen molar-refractivity contribution in [1.82, 2.24) is 9.62 Å². The molecule has 8 nitrogen and oxygen atoms in total. The molecule has 2 N–H and O–H groups in total. The number of sulfonamides is 1. The average molecular weight is 497 g/mol. The van der Waals surface area contributed by atoms with Gasteiger partial charge in [0.05, 0.1) is 27.2 Å². The summed E-state index contributed by atoms with van der Waals surface area (Å²) in [7, 11) is -2.26. The maximum atomic E-state index is 13.1. The molecule has 0 aliphatic carbocycles. The van der Waals surface area contributed by atoms with E-state index in [4.69, 9.17) is 23.2 Å². The quantitative estimate of drug-likeness (QED) is 0.639. The van der Waals surface area contributed by atoms with Crippen LogP contribution >= 0.6 is 23.2 Å². The number of nitrogens with zero attached hydrogens (tertiary/aromatic N) is 2. The number of carbonyl (C=O) groups excluding carboxylic acids is 2. The molecule has 1 aliphatic heterocycles. The van der Waals surface area contributed by atoms with Crippen molar-refractivity contribution in [3.05, 3.63) is 58.1 Å². The summed E-state index contributed by atoms with van der Waals surface area (Å²) < 4.78 is 27.1. The first-order valence-electron chi connectivity index (χ1n) is 9.70. The predicted molar refractivity (Wildman–Crippen MR) is 125 cm³/mol. The number of nitrogens with one attached hydrogen (secondary N) is 2. The van der Waals surface area contributed by atoms with Crippen molar-refractivity contribution >= 4 is 56.6 Å². The molecule has 11 heteroatoms. The minimum absolute atomic E-state index is 0.105. The summed E-state index contributed by atoms with van der Waals surface area (Å²) in [6, 6.07) is 10.3. The van der Waals surface area contributed by atoms with Crippen molar-refractivity contribution < 1.29 is 18.0 Å². The first-order valence-corrected chi connectivity index (χ1v) is 11.9. The number of halogens is 2. The highest BCUT2D eigenvalue weighted by molar-refractivity contribution is 7.90. The van der Waals surface area contributed by atoms with Crippen LogP contribution in [0.2, 0.25) is 10.0 Å². The normalized spacial score (nSPS) is 16.4. The van der Waals surface area contributed by atoms with E-state index in [1.165, 1.54) is 18.0 Å². The number of para-hydroxylation sites is 1. The average Bonchev–Trinajstić information content (AvgIpc) is 2.98. The molecule has 170 valence electrons. The second-order valence-electron chi connectivity index (χ2n) is 7.61. The molecule has 1 atom stereocenters. The van der Waals surface area contributed by atoms with Crippen LogP contribution in [0.3, 0.4) is 0 Å². The monoisotopic (exact) mass is 496 g/mol. The number of carbonyl (C=O) groups is 2. The predicted octanol–water partition coefficient (Wildman–Crippen LogP) is 3.15. The topological polar surface area (TPSA) is 108 Å². The molecule has 32 heavy (non-hydrogen) atoms. The summed E-state index contributed by atoms with van der Waals surface area (Å²) in [5.41, 5.74) is 0.666. The molecule has 0 bridgehead atoms. The van der Waals surface area contributed by atoms with Crippen molar-refractivity contribution in [2.45, 2.75) is 24.8 Å². The Kier molecular flexibility index (Phi) is 7.12. The van der Waals surface area contributed by atoms with Gasteiger partial charge in [0.15, 0.2) is 0 Å². The SMILES string of the molecule is CC(C)[C@H](N=C1NS(=O)(=O)c2ccccc21)C(=O)N(C)CC(=O)Nc1c(Cl)cccc1Cl. The summed E-state index contributed by atoms with van der Waals surface area (Å²) in [6.45, 7) is 3.32. The molecule has 3 rings (SSSR count). The lowest BCUT2D eigenvalue weighted by Crippen LogP contribution is -2.43. The second kappa shape index (κ2) is 9.48. The van der Waals surface area contributed by atoms with Gasteiger partial charge in [0.25, 0.3) is 10.0 Å². The zero-order valence-electron chi connectivity index (χ0n) is 17.6. The molecule has 1 heterocycles. The second-order valence-corrected chi connectivity index (χ2v) is 10.1. The van der Waals surface area contributed by atoms with Crippen LogP contribution in [0.15, 0.2) is 52.4 Å². The molecule has 1 aliphatic rings. The maximum absolute atomic E-state index is 13.1. The number of hydrogen-bond acceptors (Lipinski definition) is 5. The van der Waals surface area contributed by atoms with Crippen LogP contribution in [0.4, 0.5) is 5.69 Å². The Morgan fingerprint density at radius 2 is 1.72 bits per heavy atom. The number of benzene rings is 2. The number of aliphatic imine (C=N–C) groups is 1. The van der Waals surface area contributed by atoms with Crippen molar-refractivity contribution in [1.29, 1.82) is 0 Å². The van der Waals surface area contributed by atoms with E-state index in [2.05, 4.69) is 15.0 Å². The summed E-state index contributed by atoms with van der Waals surface area (Å²) in [5.74, 6) is -1.07. The van der Waals surface area contributed by atoms with Crippen LogP contribution < -0.4 is 10.0 Å². The minimum Gasteiger partial charge on any atom is -0.335 e. The van der Waals surface area contributed by atoms with Crippen LogP contribution in [-0.2, 0) is 19.6 Å². The highest BCUT2D eigenvalue weighted by Gasteiger charge is 2.33. The van der Waals surface area contributed by atoms with Crippen molar-refractivity contribution in [2.24, 2.45) is 10.9 Å². The van der Waals surface area contributed by atoms with E-state index in [0.717, 1.165) is 0 Å². The summed E-state index contributed by atoms with van der Waals surface area (Å²) in [5, 5.41) is 3.16. The third-order valence-electron chi connectivity index (χ3n) is 4.80. The Hall–Kier alpha value is -2.62. The van der Waals surface area contributed by atoms with Gasteiger partial charge in [-0.15, -0.1) is 0 Å². The van der Waals surface area contributed by atoms with Crippen molar-refractivity contribution in [3.8, 4) is 0 Å². The molecule has 0 unspecified atom stereocenters. The van der Waals surface area contributed by atoms with Gasteiger partial charge in [-0.3, -0.25) is 19.3 Å². The molecular weight excluding hydrogens is 475 g/mol. The molecule has 0 aromatic heterocycles. The lowest BCUT2D eigenvalue weighted by atomic mass is 10.0. The van der Waals surface area contributed by atoms with Crippen molar-refractivity contribution in [3.63, 3.8) is 0 Å². The Balaban J connectivity index is 1.78. The fraction of sp³-hybridized carbons (Fsp3) is 0.286. The van der Waals surface area contributed by atoms with Gasteiger partial charge in [-0.1, -0.05) is 55.2 Å². The van der Waals surface area contributed by atoms with Crippen LogP contribution in [0.1, 0.15) is 19.4 Å². The van der Waals surface area contributed by atoms with E-state index in [1.54, 1.807) is 50.2 Å². The smallest absolute Gasteiger partial charge is 0.263 e. The standard InChI is InChI=1S/C21H22Cl2N4O4S/c1-12(2)18(25-20-13-7-4-5-10-16(13)32(30,31)26-20)21(29)27(3)11-17(28)24-19-14(22)8-6-9-15(19)23/h4-10,12,18H,11H2,1-3H3,(H,24,28)(H,25,26)/t18-/m0/s1. The number of hydrogen-bond donors (Lipinski definition) is 2. The summed E-state index contributed by atoms with van der Waals surface area (Å²) >= 11 is 12.1. The first-order chi connectivity index (χ1) is 15.0. The lowest BCUT2D eigenvalue weighted by Gasteiger charge is -2.24. The van der Waals surface area contributed by atoms with Crippen LogP contribution in [0.25, 0.3) is 0 Å². The lowest BCUT2D eigenvalue weighted by molar-refractivity contribution is -0.135. The molecule has 0 fully saturated rings. The van der Waals surface area contributed by atoms with Gasteiger partial charge in [-0.05, 0) is 30.2 Å². The van der Waals surface area contributed by atoms with Crippen LogP contribution in [-0.4, -0.2) is 50.6 Å². The maximum Gasteiger partial charge on any atom is 0.263 e. The molecule has 2 amide bonds. The first kappa shape index (κ1) is 24.0. The van der Waals surface area contributed by atoms with E-state index < -0.39 is 27.9 Å². The van der Waals surface area contributed by atoms with Crippen LogP contribution in [0.5, 0.6) is 0 Å². The van der Waals surface area contributed by atoms with Gasteiger partial charge in [-0.2, -0.15) is 0 Å². The molecule has 0 spiro atoms. The Labute approximate surface area is 196 Å². The number of fused-ring (bicyclic) bond motifs is 1. The Morgan fingerprint density at radius 1 is 1.09 bits per heavy atom. The number of amides is 2. The number of anilines is 1. The van der Waals surface area contributed by atoms with E-state index in [1.807, 2.05) is 0 Å². The minimum atomic E-state index is -3.73. The number of rotatable bonds is 6. The molecule has 0 saturated heterocycles. The zero-order chi connectivity index (χ0) is 23.6. The van der Waals surface area contributed by atoms with Crippen molar-refractivity contribution in [2.75, 3.05) is 18.9 Å². The molecule has 0 radical (unpaired) electrons. The number of amidine groups is 1. The Bertz CT molecular complexity index is 1180. The van der Waals surface area contributed by atoms with E-state index in [0.29, 0.717) is 5.56 Å². The molecular formula is C21H22Cl2N4O4S. The molecule has 2 aromatic carbocycles. The highest BCUT2D eigenvalue weighted by Crippen LogP contribution is 2.29. The molecule has 2 aromatic rings. The Morgan fingerprint density at radius 3 is 2.34 bits per heavy atom. The van der Waals surface area contributed by atoms with E-state index in [9.17, 15) is 18.0 Å². The van der Waals surface area contributed by atoms with Gasteiger partial charge in [0.2, 0.25) is 11.8 Å². The van der Waals surface area contributed by atoms with E-state index >= 15 is 0 Å². The fourth-order valence-electron chi connectivity index (χ4n) is 3.17. The van der Waals surface area contributed by atoms with E-state index in [-0.39, 0.29) is 38.9 Å². The van der Waals surface area contributed by atoms with Gasteiger partial charge >= 0.3 is 0 Å². The summed E-state index contributed by atoms with van der Waals surface area (Å²) in [6.07, 6.45) is 0. The third kappa shape index (κ3) is 5.06. The molecule has 0 saturated carbocycles. The van der Waals surface area contributed by atoms with Crippen LogP contribution in [0, 0.1) is 5.92 Å². The van der Waals surface area contributed by atoms with Gasteiger partial charge in [-0.25, -0.2) is 8.42 Å². The van der Waals surface area contributed by atoms with Gasteiger partial charge in [0.1, 0.15) is 11.9 Å². The van der Waals surface area contributed by atoms with Gasteiger partial charge in [0, 0.05) is 12.6 Å². The van der Waals surface area contributed by atoms with Gasteiger partial charge < -0.3 is 10.2 Å². The number of likely N-dealkylation sites (N-methyl/N-ethyl adjacent to an activating group) is 1.